The number of aliphatic hydroxyl groups is 2. The second-order valence-corrected chi connectivity index (χ2v) is 23.9. The third kappa shape index (κ3) is 61.7. The summed E-state index contributed by atoms with van der Waals surface area (Å²) in [7, 11) is 0. The van der Waals surface area contributed by atoms with E-state index >= 15 is 0 Å². The number of rotatable bonds is 65. The highest BCUT2D eigenvalue weighted by Crippen LogP contribution is 2.19. The lowest BCUT2D eigenvalue weighted by Crippen LogP contribution is -2.45. The van der Waals surface area contributed by atoms with Crippen LogP contribution in [0.3, 0.4) is 0 Å². The largest absolute Gasteiger partial charge is 0.466 e. The molecule has 0 rings (SSSR count). The summed E-state index contributed by atoms with van der Waals surface area (Å²) in [6.07, 6.45) is 79.8. The van der Waals surface area contributed by atoms with Crippen molar-refractivity contribution in [2.24, 2.45) is 0 Å². The number of esters is 1. The van der Waals surface area contributed by atoms with Crippen molar-refractivity contribution < 1.29 is 24.5 Å². The van der Waals surface area contributed by atoms with Crippen molar-refractivity contribution in [2.75, 3.05) is 13.2 Å². The van der Waals surface area contributed by atoms with Crippen LogP contribution in [0.15, 0.2) is 12.2 Å². The Morgan fingerprint density at radius 3 is 0.987 bits per heavy atom. The molecule has 6 nitrogen and oxygen atoms in total. The summed E-state index contributed by atoms with van der Waals surface area (Å²) < 4.78 is 5.47. The molecule has 0 bridgehead atoms. The molecule has 0 saturated carbocycles. The van der Waals surface area contributed by atoms with Crippen molar-refractivity contribution in [1.29, 1.82) is 0 Å². The minimum Gasteiger partial charge on any atom is -0.466 e. The number of amides is 1. The minimum absolute atomic E-state index is 0.0112. The fraction of sp³-hybridized carbons (Fsp3) is 0.942. The first-order chi connectivity index (χ1) is 37.0. The Morgan fingerprint density at radius 1 is 0.360 bits per heavy atom. The van der Waals surface area contributed by atoms with E-state index in [4.69, 9.17) is 4.74 Å². The summed E-state index contributed by atoms with van der Waals surface area (Å²) in [6, 6.07) is -0.536. The number of hydrogen-bond donors (Lipinski definition) is 3. The number of unbranched alkanes of at least 4 members (excludes halogenated alkanes) is 52. The van der Waals surface area contributed by atoms with Crippen molar-refractivity contribution in [3.63, 3.8) is 0 Å². The molecule has 3 N–H and O–H groups in total. The normalized spacial score (nSPS) is 12.5. The number of nitrogens with one attached hydrogen (secondary N) is 1. The zero-order valence-electron chi connectivity index (χ0n) is 51.1. The molecular weight excluding hydrogens is 923 g/mol. The Kier molecular flexibility index (Phi) is 63.9. The topological polar surface area (TPSA) is 95.9 Å². The number of hydrogen-bond acceptors (Lipinski definition) is 5. The van der Waals surface area contributed by atoms with Crippen LogP contribution in [-0.4, -0.2) is 47.4 Å². The van der Waals surface area contributed by atoms with Crippen molar-refractivity contribution in [3.8, 4) is 0 Å². The fourth-order valence-electron chi connectivity index (χ4n) is 11.0. The van der Waals surface area contributed by atoms with Gasteiger partial charge in [0, 0.05) is 12.8 Å². The van der Waals surface area contributed by atoms with Crippen LogP contribution in [0, 0.1) is 0 Å². The number of allylic oxidation sites excluding steroid dienone is 2. The zero-order valence-corrected chi connectivity index (χ0v) is 51.1. The molecule has 1 amide bonds. The van der Waals surface area contributed by atoms with Gasteiger partial charge in [-0.25, -0.2) is 0 Å². The third-order valence-corrected chi connectivity index (χ3v) is 16.3. The van der Waals surface area contributed by atoms with Crippen molar-refractivity contribution in [2.45, 2.75) is 405 Å². The van der Waals surface area contributed by atoms with Crippen LogP contribution in [0.1, 0.15) is 393 Å². The molecule has 0 aliphatic rings. The number of carbonyl (C=O) groups is 2. The molecule has 0 aromatic rings. The first kappa shape index (κ1) is 73.6. The maximum atomic E-state index is 12.5. The zero-order chi connectivity index (χ0) is 54.3. The molecular formula is C69H135NO5. The molecule has 446 valence electrons. The molecule has 0 aliphatic carbocycles. The molecule has 75 heavy (non-hydrogen) atoms. The predicted molar refractivity (Wildman–Crippen MR) is 329 cm³/mol. The average molecular weight is 1060 g/mol. The van der Waals surface area contributed by atoms with Gasteiger partial charge < -0.3 is 20.3 Å². The Morgan fingerprint density at radius 2 is 0.640 bits per heavy atom. The molecule has 0 saturated heterocycles. The van der Waals surface area contributed by atoms with Gasteiger partial charge in [-0.3, -0.25) is 9.59 Å². The second kappa shape index (κ2) is 65.1. The van der Waals surface area contributed by atoms with Gasteiger partial charge in [0.1, 0.15) is 0 Å². The highest BCUT2D eigenvalue weighted by Gasteiger charge is 2.20. The van der Waals surface area contributed by atoms with Crippen LogP contribution in [0.5, 0.6) is 0 Å². The summed E-state index contributed by atoms with van der Waals surface area (Å²) in [6.45, 7) is 4.95. The molecule has 0 heterocycles. The quantitative estimate of drug-likeness (QED) is 0.0320. The average Bonchev–Trinajstić information content (AvgIpc) is 3.41. The van der Waals surface area contributed by atoms with Gasteiger partial charge in [0.2, 0.25) is 5.91 Å². The summed E-state index contributed by atoms with van der Waals surface area (Å²) in [5.74, 6) is -0.0162. The SMILES string of the molecule is CCCC/C=C\CCCCCCCC(=O)OCCCCCCCCCCCCCCCCCCCCCCCCCCCCCCCCCCCC(=O)NC(CO)C(O)CCCCCCCCCCCCCCCC. The van der Waals surface area contributed by atoms with E-state index in [-0.39, 0.29) is 18.5 Å². The van der Waals surface area contributed by atoms with E-state index in [0.717, 1.165) is 44.9 Å². The Bertz CT molecular complexity index is 1130. The summed E-state index contributed by atoms with van der Waals surface area (Å²) in [5.41, 5.74) is 0. The highest BCUT2D eigenvalue weighted by atomic mass is 16.5. The van der Waals surface area contributed by atoms with Crippen LogP contribution >= 0.6 is 0 Å². The Hall–Kier alpha value is -1.40. The minimum atomic E-state index is -0.659. The monoisotopic (exact) mass is 1060 g/mol. The lowest BCUT2D eigenvalue weighted by atomic mass is 10.0. The Labute approximate surface area is 469 Å². The predicted octanol–water partition coefficient (Wildman–Crippen LogP) is 22.0. The number of aliphatic hydroxyl groups excluding tert-OH is 2. The molecule has 0 radical (unpaired) electrons. The maximum Gasteiger partial charge on any atom is 0.305 e. The standard InChI is InChI=1S/C69H135NO5/c1-3-5-7-9-11-13-15-16-38-42-45-49-53-57-61-67(72)66(65-71)70-68(73)62-58-54-50-46-43-39-36-34-32-30-28-26-24-22-20-18-17-19-21-23-25-27-29-31-33-35-37-40-44-48-52-56-60-64-75-69(74)63-59-55-51-47-41-14-12-10-8-6-4-2/h10,12,66-67,71-72H,3-9,11,13-65H2,1-2H3,(H,70,73)/b12-10-. The maximum absolute atomic E-state index is 12.5. The summed E-state index contributed by atoms with van der Waals surface area (Å²) in [5, 5.41) is 23.3. The van der Waals surface area contributed by atoms with Gasteiger partial charge in [0.15, 0.2) is 0 Å². The van der Waals surface area contributed by atoms with Crippen LogP contribution in [0.25, 0.3) is 0 Å². The van der Waals surface area contributed by atoms with Crippen molar-refractivity contribution >= 4 is 11.9 Å². The number of ether oxygens (including phenoxy) is 1. The van der Waals surface area contributed by atoms with E-state index < -0.39 is 12.1 Å². The van der Waals surface area contributed by atoms with E-state index in [1.807, 2.05) is 0 Å². The van der Waals surface area contributed by atoms with E-state index in [1.165, 1.54) is 315 Å². The lowest BCUT2D eigenvalue weighted by Gasteiger charge is -2.22. The molecule has 0 aromatic carbocycles. The highest BCUT2D eigenvalue weighted by molar-refractivity contribution is 5.76. The molecule has 2 atom stereocenters. The van der Waals surface area contributed by atoms with E-state index in [0.29, 0.717) is 25.9 Å². The molecule has 0 aliphatic heterocycles. The van der Waals surface area contributed by atoms with Gasteiger partial charge in [-0.1, -0.05) is 347 Å². The van der Waals surface area contributed by atoms with E-state index in [1.54, 1.807) is 0 Å². The van der Waals surface area contributed by atoms with Gasteiger partial charge in [0.25, 0.3) is 0 Å². The third-order valence-electron chi connectivity index (χ3n) is 16.3. The lowest BCUT2D eigenvalue weighted by molar-refractivity contribution is -0.143. The van der Waals surface area contributed by atoms with Gasteiger partial charge >= 0.3 is 5.97 Å². The molecule has 0 spiro atoms. The van der Waals surface area contributed by atoms with Crippen LogP contribution in [0.2, 0.25) is 0 Å². The van der Waals surface area contributed by atoms with Gasteiger partial charge in [-0.15, -0.1) is 0 Å². The fourth-order valence-corrected chi connectivity index (χ4v) is 11.0. The summed E-state index contributed by atoms with van der Waals surface area (Å²) in [4.78, 5) is 24.5. The number of carbonyl (C=O) groups excluding carboxylic acids is 2. The molecule has 0 aromatic heterocycles. The van der Waals surface area contributed by atoms with E-state index in [9.17, 15) is 19.8 Å². The van der Waals surface area contributed by atoms with Gasteiger partial charge in [-0.2, -0.15) is 0 Å². The van der Waals surface area contributed by atoms with Crippen molar-refractivity contribution in [1.82, 2.24) is 5.32 Å². The summed E-state index contributed by atoms with van der Waals surface area (Å²) >= 11 is 0. The molecule has 0 fully saturated rings. The molecule has 2 unspecified atom stereocenters. The Balaban J connectivity index is 3.30. The van der Waals surface area contributed by atoms with Crippen LogP contribution in [0.4, 0.5) is 0 Å². The smallest absolute Gasteiger partial charge is 0.305 e. The van der Waals surface area contributed by atoms with E-state index in [2.05, 4.69) is 31.3 Å². The van der Waals surface area contributed by atoms with Crippen LogP contribution in [-0.2, 0) is 14.3 Å². The van der Waals surface area contributed by atoms with Crippen molar-refractivity contribution in [3.05, 3.63) is 12.2 Å². The van der Waals surface area contributed by atoms with Gasteiger partial charge in [0.05, 0.1) is 25.4 Å². The van der Waals surface area contributed by atoms with Crippen LogP contribution < -0.4 is 5.32 Å². The first-order valence-electron chi connectivity index (χ1n) is 34.4. The first-order valence-corrected chi connectivity index (χ1v) is 34.4. The molecule has 6 heteroatoms. The van der Waals surface area contributed by atoms with Gasteiger partial charge in [-0.05, 0) is 44.9 Å². The second-order valence-electron chi connectivity index (χ2n) is 23.9.